The van der Waals surface area contributed by atoms with Crippen LogP contribution in [0.25, 0.3) is 0 Å². The number of hydrogen-bond acceptors (Lipinski definition) is 7. The maximum Gasteiger partial charge on any atom is 0.388 e. The van der Waals surface area contributed by atoms with Crippen molar-refractivity contribution in [2.45, 2.75) is 51.5 Å². The predicted molar refractivity (Wildman–Crippen MR) is 102 cm³/mol. The number of nitriles is 1. The number of rotatable bonds is 8. The van der Waals surface area contributed by atoms with E-state index < -0.39 is 12.5 Å². The Kier molecular flexibility index (Phi) is 9.19. The molecule has 27 heavy (non-hydrogen) atoms. The first-order valence-corrected chi connectivity index (χ1v) is 8.53. The van der Waals surface area contributed by atoms with Gasteiger partial charge < -0.3 is 15.2 Å². The maximum atomic E-state index is 12.0. The van der Waals surface area contributed by atoms with E-state index in [1.807, 2.05) is 0 Å². The third-order valence-corrected chi connectivity index (χ3v) is 4.24. The van der Waals surface area contributed by atoms with E-state index >= 15 is 0 Å². The molecule has 1 heterocycles. The van der Waals surface area contributed by atoms with Crippen LogP contribution in [0.2, 0.25) is 12.1 Å². The topological polar surface area (TPSA) is 117 Å². The van der Waals surface area contributed by atoms with E-state index in [-0.39, 0.29) is 30.2 Å². The Morgan fingerprint density at radius 1 is 1.48 bits per heavy atom. The van der Waals surface area contributed by atoms with Crippen LogP contribution in [-0.4, -0.2) is 38.3 Å². The average Bonchev–Trinajstić information content (AvgIpc) is 2.59. The summed E-state index contributed by atoms with van der Waals surface area (Å²) in [5.41, 5.74) is 5.50. The number of halogens is 2. The Balaban J connectivity index is 2.67. The number of allylic oxidation sites excluding steroid dienone is 1. The molecule has 3 N–H and O–H groups in total. The highest BCUT2D eigenvalue weighted by atomic mass is 19.3. The fourth-order valence-corrected chi connectivity index (χ4v) is 2.95. The van der Waals surface area contributed by atoms with Crippen LogP contribution < -0.4 is 5.73 Å². The number of alkyl halides is 2. The van der Waals surface area contributed by atoms with E-state index in [0.29, 0.717) is 5.92 Å². The van der Waals surface area contributed by atoms with Crippen LogP contribution in [0.1, 0.15) is 26.7 Å². The van der Waals surface area contributed by atoms with Crippen LogP contribution in [0.3, 0.4) is 0 Å². The third kappa shape index (κ3) is 8.03. The second-order valence-corrected chi connectivity index (χ2v) is 6.49. The Bertz CT molecular complexity index is 658. The number of nitrogens with two attached hydrogens (primary N) is 1. The van der Waals surface area contributed by atoms with Gasteiger partial charge in [-0.05, 0) is 31.3 Å². The lowest BCUT2D eigenvalue weighted by Crippen LogP contribution is -2.34. The smallest absolute Gasteiger partial charge is 0.388 e. The van der Waals surface area contributed by atoms with Gasteiger partial charge in [0.05, 0.1) is 24.2 Å². The van der Waals surface area contributed by atoms with Crippen LogP contribution in [0.5, 0.6) is 0 Å². The summed E-state index contributed by atoms with van der Waals surface area (Å²) in [5, 5.41) is 16.4. The number of aliphatic imine (C=N–C) groups is 2. The molecule has 1 aliphatic rings. The molecule has 2 unspecified atom stereocenters. The number of ether oxygens (including phenoxy) is 2. The molecule has 1 fully saturated rings. The van der Waals surface area contributed by atoms with E-state index in [1.165, 1.54) is 6.20 Å². The minimum Gasteiger partial charge on any atom is -0.473 e. The molecular weight excluding hydrogens is 355 g/mol. The van der Waals surface area contributed by atoms with E-state index in [4.69, 9.17) is 15.9 Å². The Labute approximate surface area is 158 Å². The summed E-state index contributed by atoms with van der Waals surface area (Å²) < 4.78 is 33.6. The average molecular weight is 379 g/mol. The molecule has 146 valence electrons. The summed E-state index contributed by atoms with van der Waals surface area (Å²) in [6.45, 7) is 4.56. The Morgan fingerprint density at radius 3 is 2.74 bits per heavy atom. The third-order valence-electron chi connectivity index (χ3n) is 4.24. The van der Waals surface area contributed by atoms with Gasteiger partial charge in [-0.1, -0.05) is 20.2 Å². The molecular formula is C17H24BF2N5O2. The van der Waals surface area contributed by atoms with Gasteiger partial charge in [0.2, 0.25) is 11.8 Å². The monoisotopic (exact) mass is 379 g/mol. The minimum atomic E-state index is -3.09. The molecule has 2 atom stereocenters. The highest BCUT2D eigenvalue weighted by Crippen LogP contribution is 2.36. The Hall–Kier alpha value is -2.70. The van der Waals surface area contributed by atoms with Crippen molar-refractivity contribution >= 4 is 25.5 Å². The van der Waals surface area contributed by atoms with Gasteiger partial charge >= 0.3 is 6.61 Å². The lowest BCUT2D eigenvalue weighted by atomic mass is 9.34. The molecule has 1 aliphatic heterocycles. The fourth-order valence-electron chi connectivity index (χ4n) is 2.95. The molecule has 0 amide bonds. The molecule has 0 saturated carbocycles. The largest absolute Gasteiger partial charge is 0.473 e. The first kappa shape index (κ1) is 22.3. The van der Waals surface area contributed by atoms with Crippen LogP contribution in [0.15, 0.2) is 33.8 Å². The first-order chi connectivity index (χ1) is 12.8. The molecule has 7 nitrogen and oxygen atoms in total. The summed E-state index contributed by atoms with van der Waals surface area (Å²) in [4.78, 5) is 7.67. The van der Waals surface area contributed by atoms with E-state index in [2.05, 4.69) is 41.3 Å². The van der Waals surface area contributed by atoms with Crippen molar-refractivity contribution in [2.24, 2.45) is 21.6 Å². The highest BCUT2D eigenvalue weighted by molar-refractivity contribution is 6.68. The fraction of sp³-hybridized carbons (Fsp3) is 0.529. The zero-order valence-electron chi connectivity index (χ0n) is 15.4. The molecule has 0 radical (unpaired) electrons. The zero-order valence-corrected chi connectivity index (χ0v) is 15.4. The standard InChI is InChI=1S/C17H24BF2N5O2/c1-11(2)14-7-13(4-5-18(14)10-21)26-16(24-3)9-25-8-12(22)6-15(23)27-17(19)20/h6,8-9,11,13-14,17,23H,3-5,7,22H2,1-2H3/b12-6-,16-9+,23-15?,25-8+. The highest BCUT2D eigenvalue weighted by Gasteiger charge is 2.36. The number of nitrogens with zero attached hydrogens (tertiary/aromatic N) is 3. The predicted octanol–water partition coefficient (Wildman–Crippen LogP) is 3.38. The molecule has 0 bridgehead atoms. The SMILES string of the molecule is C=N\C(=C/N=C/C(N)=C/C(=N)OC(F)F)OC1CCB(C#N)C(C(C)C)C1. The van der Waals surface area contributed by atoms with Crippen molar-refractivity contribution in [3.8, 4) is 5.97 Å². The summed E-state index contributed by atoms with van der Waals surface area (Å²) in [7, 11) is 0. The van der Waals surface area contributed by atoms with E-state index in [0.717, 1.165) is 31.5 Å². The molecule has 10 heteroatoms. The van der Waals surface area contributed by atoms with Crippen molar-refractivity contribution in [2.75, 3.05) is 0 Å². The molecule has 1 rings (SSSR count). The minimum absolute atomic E-state index is 0.0303. The second-order valence-electron chi connectivity index (χ2n) is 6.49. The van der Waals surface area contributed by atoms with Crippen molar-refractivity contribution in [3.63, 3.8) is 0 Å². The quantitative estimate of drug-likeness (QED) is 0.291. The van der Waals surface area contributed by atoms with Crippen LogP contribution in [0, 0.1) is 22.6 Å². The summed E-state index contributed by atoms with van der Waals surface area (Å²) >= 11 is 0. The van der Waals surface area contributed by atoms with Gasteiger partial charge in [0, 0.05) is 12.0 Å². The van der Waals surface area contributed by atoms with Crippen molar-refractivity contribution in [3.05, 3.63) is 23.9 Å². The van der Waals surface area contributed by atoms with Gasteiger partial charge in [0.25, 0.3) is 6.71 Å². The van der Waals surface area contributed by atoms with Gasteiger partial charge in [-0.2, -0.15) is 8.78 Å². The molecule has 0 aromatic heterocycles. The molecule has 0 aromatic rings. The van der Waals surface area contributed by atoms with E-state index in [9.17, 15) is 14.0 Å². The van der Waals surface area contributed by atoms with Crippen LogP contribution in [-0.2, 0) is 9.47 Å². The van der Waals surface area contributed by atoms with Crippen LogP contribution in [0.4, 0.5) is 8.78 Å². The Morgan fingerprint density at radius 2 is 2.19 bits per heavy atom. The van der Waals surface area contributed by atoms with Gasteiger partial charge in [0.1, 0.15) is 0 Å². The normalized spacial score (nSPS) is 21.4. The first-order valence-electron chi connectivity index (χ1n) is 8.53. The van der Waals surface area contributed by atoms with Crippen LogP contribution >= 0.6 is 0 Å². The van der Waals surface area contributed by atoms with Gasteiger partial charge in [-0.15, -0.1) is 0 Å². The summed E-state index contributed by atoms with van der Waals surface area (Å²) in [6, 6.07) is 0. The molecule has 0 aromatic carbocycles. The lowest BCUT2D eigenvalue weighted by Gasteiger charge is -2.33. The maximum absolute atomic E-state index is 12.0. The number of hydrogen-bond donors (Lipinski definition) is 2. The molecule has 1 saturated heterocycles. The summed E-state index contributed by atoms with van der Waals surface area (Å²) in [6.07, 6.45) is 5.52. The zero-order chi connectivity index (χ0) is 20.4. The van der Waals surface area contributed by atoms with E-state index in [1.54, 1.807) is 0 Å². The summed E-state index contributed by atoms with van der Waals surface area (Å²) in [5.74, 6) is 2.42. The number of nitrogens with one attached hydrogen (secondary N) is 1. The van der Waals surface area contributed by atoms with Gasteiger partial charge in [0.15, 0.2) is 0 Å². The second kappa shape index (κ2) is 11.1. The molecule has 0 aliphatic carbocycles. The van der Waals surface area contributed by atoms with Crippen molar-refractivity contribution in [1.82, 2.24) is 0 Å². The lowest BCUT2D eigenvalue weighted by molar-refractivity contribution is -0.0599. The van der Waals surface area contributed by atoms with Crippen molar-refractivity contribution in [1.29, 1.82) is 10.7 Å². The van der Waals surface area contributed by atoms with Crippen molar-refractivity contribution < 1.29 is 18.3 Å². The van der Waals surface area contributed by atoms with Gasteiger partial charge in [-0.3, -0.25) is 10.4 Å². The van der Waals surface area contributed by atoms with Gasteiger partial charge in [-0.25, -0.2) is 10.3 Å². The molecule has 0 spiro atoms.